The summed E-state index contributed by atoms with van der Waals surface area (Å²) in [4.78, 5) is 11.3. The van der Waals surface area contributed by atoms with Gasteiger partial charge in [0.15, 0.2) is 5.82 Å². The Morgan fingerprint density at radius 2 is 2.00 bits per heavy atom. The molecule has 2 rings (SSSR count). The maximum absolute atomic E-state index is 11.3. The lowest BCUT2D eigenvalue weighted by Crippen LogP contribution is -2.30. The first kappa shape index (κ1) is 11.8. The van der Waals surface area contributed by atoms with Gasteiger partial charge in [-0.05, 0) is 17.7 Å². The smallest absolute Gasteiger partial charge is 0.426 e. The van der Waals surface area contributed by atoms with Crippen LogP contribution in [0.2, 0.25) is 0 Å². The fourth-order valence-electron chi connectivity index (χ4n) is 1.24. The zero-order valence-electron chi connectivity index (χ0n) is 9.54. The maximum Gasteiger partial charge on any atom is 0.426 e. The van der Waals surface area contributed by atoms with Crippen LogP contribution in [0.3, 0.4) is 0 Å². The first-order valence-corrected chi connectivity index (χ1v) is 5.35. The van der Waals surface area contributed by atoms with Crippen molar-refractivity contribution in [2.24, 2.45) is 0 Å². The summed E-state index contributed by atoms with van der Waals surface area (Å²) in [6.45, 7) is 0.217. The van der Waals surface area contributed by atoms with Crippen LogP contribution in [0, 0.1) is 0 Å². The summed E-state index contributed by atoms with van der Waals surface area (Å²) >= 11 is 0. The number of nitrogens with one attached hydrogen (secondary N) is 2. The number of carbonyl (C=O) groups excluding carboxylic acids is 1. The molecule has 0 saturated carbocycles. The molecule has 0 atom stereocenters. The number of rotatable bonds is 4. The lowest BCUT2D eigenvalue weighted by atomic mass is 10.2. The first-order chi connectivity index (χ1) is 8.84. The van der Waals surface area contributed by atoms with Crippen molar-refractivity contribution in [3.05, 3.63) is 54.2 Å². The van der Waals surface area contributed by atoms with Crippen molar-refractivity contribution in [3.63, 3.8) is 0 Å². The molecule has 1 aromatic carbocycles. The normalized spacial score (nSPS) is 9.56. The number of anilines is 1. The van der Waals surface area contributed by atoms with Crippen LogP contribution in [0.15, 0.2) is 48.7 Å². The van der Waals surface area contributed by atoms with Crippen molar-refractivity contribution < 1.29 is 9.53 Å². The Hall–Kier alpha value is -2.63. The topological polar surface area (TPSA) is 76.1 Å². The second-order valence-electron chi connectivity index (χ2n) is 3.42. The first-order valence-electron chi connectivity index (χ1n) is 5.35. The van der Waals surface area contributed by atoms with E-state index in [1.807, 2.05) is 30.3 Å². The van der Waals surface area contributed by atoms with Gasteiger partial charge in [0.1, 0.15) is 6.61 Å². The molecule has 0 aliphatic rings. The van der Waals surface area contributed by atoms with E-state index < -0.39 is 6.09 Å². The van der Waals surface area contributed by atoms with Crippen LogP contribution in [0.4, 0.5) is 10.6 Å². The third kappa shape index (κ3) is 3.75. The van der Waals surface area contributed by atoms with Crippen molar-refractivity contribution in [2.45, 2.75) is 6.61 Å². The van der Waals surface area contributed by atoms with Gasteiger partial charge in [-0.1, -0.05) is 30.3 Å². The number of hydrazine groups is 1. The zero-order chi connectivity index (χ0) is 12.6. The van der Waals surface area contributed by atoms with Gasteiger partial charge in [-0.3, -0.25) is 5.43 Å². The third-order valence-electron chi connectivity index (χ3n) is 2.08. The van der Waals surface area contributed by atoms with E-state index in [1.54, 1.807) is 18.3 Å². The summed E-state index contributed by atoms with van der Waals surface area (Å²) in [6, 6.07) is 12.8. The fourth-order valence-corrected chi connectivity index (χ4v) is 1.24. The summed E-state index contributed by atoms with van der Waals surface area (Å²) < 4.78 is 4.99. The fraction of sp³-hybridized carbons (Fsp3) is 0.0833. The van der Waals surface area contributed by atoms with Gasteiger partial charge in [0.25, 0.3) is 0 Å². The number of nitrogens with zero attached hydrogens (tertiary/aromatic N) is 2. The zero-order valence-corrected chi connectivity index (χ0v) is 9.54. The molecule has 6 heteroatoms. The molecule has 92 valence electrons. The Bertz CT molecular complexity index is 444. The molecule has 0 unspecified atom stereocenters. The van der Waals surface area contributed by atoms with Crippen molar-refractivity contribution in [1.82, 2.24) is 15.6 Å². The SMILES string of the molecule is O=C(NNc1cccnn1)OCc1ccccc1. The largest absolute Gasteiger partial charge is 0.443 e. The molecule has 18 heavy (non-hydrogen) atoms. The second kappa shape index (κ2) is 6.19. The highest BCUT2D eigenvalue weighted by molar-refractivity contribution is 5.68. The van der Waals surface area contributed by atoms with E-state index in [0.29, 0.717) is 5.82 Å². The summed E-state index contributed by atoms with van der Waals surface area (Å²) in [5.74, 6) is 0.439. The quantitative estimate of drug-likeness (QED) is 0.801. The lowest BCUT2D eigenvalue weighted by Gasteiger charge is -2.07. The van der Waals surface area contributed by atoms with Gasteiger partial charge >= 0.3 is 6.09 Å². The van der Waals surface area contributed by atoms with Crippen LogP contribution in [0.25, 0.3) is 0 Å². The molecule has 2 aromatic rings. The molecule has 1 amide bonds. The van der Waals surface area contributed by atoms with E-state index in [2.05, 4.69) is 21.0 Å². The molecule has 6 nitrogen and oxygen atoms in total. The van der Waals surface area contributed by atoms with Crippen molar-refractivity contribution in [1.29, 1.82) is 0 Å². The molecule has 0 bridgehead atoms. The van der Waals surface area contributed by atoms with Gasteiger partial charge in [-0.15, -0.1) is 5.10 Å². The van der Waals surface area contributed by atoms with Crippen molar-refractivity contribution in [3.8, 4) is 0 Å². The maximum atomic E-state index is 11.3. The van der Waals surface area contributed by atoms with Gasteiger partial charge in [-0.2, -0.15) is 5.10 Å². The van der Waals surface area contributed by atoms with Crippen LogP contribution in [-0.4, -0.2) is 16.3 Å². The minimum atomic E-state index is -0.579. The van der Waals surface area contributed by atoms with Gasteiger partial charge in [-0.25, -0.2) is 10.2 Å². The van der Waals surface area contributed by atoms with E-state index >= 15 is 0 Å². The van der Waals surface area contributed by atoms with Crippen LogP contribution in [0.1, 0.15) is 5.56 Å². The number of aromatic nitrogens is 2. The molecule has 0 saturated heterocycles. The standard InChI is InChI=1S/C12H12N4O2/c17-12(16-15-11-7-4-8-13-14-11)18-9-10-5-2-1-3-6-10/h1-8H,9H2,(H,14,15)(H,16,17). The number of hydrogen-bond donors (Lipinski definition) is 2. The van der Waals surface area contributed by atoms with E-state index in [4.69, 9.17) is 4.74 Å². The molecule has 0 spiro atoms. The average molecular weight is 244 g/mol. The second-order valence-corrected chi connectivity index (χ2v) is 3.42. The lowest BCUT2D eigenvalue weighted by molar-refractivity contribution is 0.142. The molecular formula is C12H12N4O2. The van der Waals surface area contributed by atoms with Gasteiger partial charge in [0.2, 0.25) is 0 Å². The highest BCUT2D eigenvalue weighted by Crippen LogP contribution is 2.00. The van der Waals surface area contributed by atoms with Gasteiger partial charge < -0.3 is 4.74 Å². The predicted molar refractivity (Wildman–Crippen MR) is 65.4 cm³/mol. The predicted octanol–water partition coefficient (Wildman–Crippen LogP) is 1.73. The Balaban J connectivity index is 1.73. The van der Waals surface area contributed by atoms with E-state index in [9.17, 15) is 4.79 Å². The Labute approximate surface area is 104 Å². The third-order valence-corrected chi connectivity index (χ3v) is 2.08. The number of amides is 1. The van der Waals surface area contributed by atoms with Crippen LogP contribution < -0.4 is 10.9 Å². The molecule has 0 radical (unpaired) electrons. The molecule has 0 aliphatic heterocycles. The highest BCUT2D eigenvalue weighted by atomic mass is 16.6. The minimum Gasteiger partial charge on any atom is -0.443 e. The monoisotopic (exact) mass is 244 g/mol. The highest BCUT2D eigenvalue weighted by Gasteiger charge is 2.02. The molecule has 0 aliphatic carbocycles. The summed E-state index contributed by atoms with van der Waals surface area (Å²) in [6.07, 6.45) is 0.961. The number of hydrogen-bond acceptors (Lipinski definition) is 5. The van der Waals surface area contributed by atoms with E-state index in [-0.39, 0.29) is 6.61 Å². The molecule has 2 N–H and O–H groups in total. The molecule has 1 aromatic heterocycles. The Kier molecular flexibility index (Phi) is 4.07. The Morgan fingerprint density at radius 1 is 1.17 bits per heavy atom. The molecule has 1 heterocycles. The number of carbonyl (C=O) groups is 1. The molecule has 0 fully saturated rings. The van der Waals surface area contributed by atoms with Crippen LogP contribution >= 0.6 is 0 Å². The number of benzene rings is 1. The van der Waals surface area contributed by atoms with Crippen LogP contribution in [-0.2, 0) is 11.3 Å². The average Bonchev–Trinajstić information content (AvgIpc) is 2.45. The van der Waals surface area contributed by atoms with Crippen LogP contribution in [0.5, 0.6) is 0 Å². The number of ether oxygens (including phenoxy) is 1. The summed E-state index contributed by atoms with van der Waals surface area (Å²) in [7, 11) is 0. The summed E-state index contributed by atoms with van der Waals surface area (Å²) in [5, 5.41) is 7.39. The van der Waals surface area contributed by atoms with E-state index in [1.165, 1.54) is 0 Å². The van der Waals surface area contributed by atoms with E-state index in [0.717, 1.165) is 5.56 Å². The van der Waals surface area contributed by atoms with Gasteiger partial charge in [0.05, 0.1) is 0 Å². The summed E-state index contributed by atoms with van der Waals surface area (Å²) in [5.41, 5.74) is 5.86. The van der Waals surface area contributed by atoms with Crippen molar-refractivity contribution >= 4 is 11.9 Å². The molecular weight excluding hydrogens is 232 g/mol. The van der Waals surface area contributed by atoms with Gasteiger partial charge in [0, 0.05) is 6.20 Å². The Morgan fingerprint density at radius 3 is 2.72 bits per heavy atom. The van der Waals surface area contributed by atoms with Crippen molar-refractivity contribution in [2.75, 3.05) is 5.43 Å². The minimum absolute atomic E-state index is 0.217.